The summed E-state index contributed by atoms with van der Waals surface area (Å²) in [5.74, 6) is -1.01. The minimum Gasteiger partial charge on any atom is -0.480 e. The molecule has 0 aliphatic heterocycles. The number of nitroso groups, excluding NO2 is 1. The monoisotopic (exact) mass is 222 g/mol. The molecule has 82 valence electrons. The number of carboxylic acid groups (broad SMARTS) is 1. The molecule has 0 amide bonds. The van der Waals surface area contributed by atoms with E-state index >= 15 is 0 Å². The highest BCUT2D eigenvalue weighted by atomic mass is 16.6. The first kappa shape index (κ1) is 10.0. The highest BCUT2D eigenvalue weighted by Gasteiger charge is 2.12. The average molecular weight is 222 g/mol. The first-order chi connectivity index (χ1) is 7.72. The van der Waals surface area contributed by atoms with Crippen molar-refractivity contribution in [1.29, 1.82) is 0 Å². The zero-order chi connectivity index (χ0) is 11.5. The molecule has 0 saturated carbocycles. The fourth-order valence-corrected chi connectivity index (χ4v) is 1.24. The molecule has 0 aliphatic carbocycles. The van der Waals surface area contributed by atoms with Crippen LogP contribution in [0.4, 0.5) is 11.4 Å². The Bertz CT molecular complexity index is 550. The number of aromatic nitrogens is 2. The molecule has 1 aromatic heterocycles. The molecule has 0 saturated heterocycles. The second-order valence-corrected chi connectivity index (χ2v) is 2.93. The first-order valence-corrected chi connectivity index (χ1v) is 4.26. The molecule has 0 unspecified atom stereocenters. The van der Waals surface area contributed by atoms with Crippen molar-refractivity contribution in [3.05, 3.63) is 17.0 Å². The van der Waals surface area contributed by atoms with E-state index in [1.54, 1.807) is 0 Å². The molecule has 0 fully saturated rings. The second-order valence-electron chi connectivity index (χ2n) is 2.93. The SMILES string of the molecule is O=Nc1ccc(NCC(=O)O)c2nonc12. The van der Waals surface area contributed by atoms with Crippen LogP contribution in [0.25, 0.3) is 11.0 Å². The molecule has 8 nitrogen and oxygen atoms in total. The number of hydrogen-bond donors (Lipinski definition) is 2. The van der Waals surface area contributed by atoms with Gasteiger partial charge in [-0.2, -0.15) is 0 Å². The molecule has 2 N–H and O–H groups in total. The van der Waals surface area contributed by atoms with Gasteiger partial charge in [-0.25, -0.2) is 4.63 Å². The van der Waals surface area contributed by atoms with Crippen molar-refractivity contribution >= 4 is 28.4 Å². The second kappa shape index (κ2) is 3.93. The number of hydrogen-bond acceptors (Lipinski definition) is 7. The van der Waals surface area contributed by atoms with Crippen molar-refractivity contribution in [3.8, 4) is 0 Å². The molecule has 1 aromatic carbocycles. The van der Waals surface area contributed by atoms with Crippen LogP contribution in [0.15, 0.2) is 21.9 Å². The Balaban J connectivity index is 2.43. The van der Waals surface area contributed by atoms with Gasteiger partial charge in [0.05, 0.1) is 5.69 Å². The number of benzene rings is 1. The summed E-state index contributed by atoms with van der Waals surface area (Å²) < 4.78 is 4.47. The third kappa shape index (κ3) is 1.67. The fourth-order valence-electron chi connectivity index (χ4n) is 1.24. The van der Waals surface area contributed by atoms with Crippen LogP contribution in [0.3, 0.4) is 0 Å². The number of nitrogens with one attached hydrogen (secondary N) is 1. The third-order valence-corrected chi connectivity index (χ3v) is 1.92. The van der Waals surface area contributed by atoms with Gasteiger partial charge in [-0.1, -0.05) is 0 Å². The minimum atomic E-state index is -1.01. The molecule has 1 heterocycles. The minimum absolute atomic E-state index is 0.0946. The molecular formula is C8H6N4O4. The molecule has 0 atom stereocenters. The standard InChI is InChI=1S/C8H6N4O4/c13-6(14)3-9-4-1-2-5(10-15)8-7(4)11-16-12-8/h1-2,9H,3H2,(H,13,14). The molecule has 2 rings (SSSR count). The van der Waals surface area contributed by atoms with Crippen LogP contribution in [0.2, 0.25) is 0 Å². The van der Waals surface area contributed by atoms with Crippen molar-refractivity contribution < 1.29 is 14.5 Å². The Kier molecular flexibility index (Phi) is 2.46. The largest absolute Gasteiger partial charge is 0.480 e. The number of aliphatic carboxylic acids is 1. The molecule has 0 bridgehead atoms. The number of carboxylic acids is 1. The maximum atomic E-state index is 10.4. The van der Waals surface area contributed by atoms with E-state index < -0.39 is 5.97 Å². The van der Waals surface area contributed by atoms with Gasteiger partial charge < -0.3 is 10.4 Å². The predicted octanol–water partition coefficient (Wildman–Crippen LogP) is 1.12. The fraction of sp³-hybridized carbons (Fsp3) is 0.125. The summed E-state index contributed by atoms with van der Waals surface area (Å²) in [6.45, 7) is -0.268. The summed E-state index contributed by atoms with van der Waals surface area (Å²) in [6, 6.07) is 2.90. The van der Waals surface area contributed by atoms with Gasteiger partial charge in [-0.3, -0.25) is 4.79 Å². The first-order valence-electron chi connectivity index (χ1n) is 4.26. The van der Waals surface area contributed by atoms with Crippen molar-refractivity contribution in [2.24, 2.45) is 5.18 Å². The van der Waals surface area contributed by atoms with Crippen LogP contribution < -0.4 is 5.32 Å². The number of fused-ring (bicyclic) bond motifs is 1. The van der Waals surface area contributed by atoms with Gasteiger partial charge in [-0.15, -0.1) is 4.91 Å². The topological polar surface area (TPSA) is 118 Å². The van der Waals surface area contributed by atoms with Gasteiger partial charge in [0.15, 0.2) is 11.0 Å². The number of rotatable bonds is 4. The van der Waals surface area contributed by atoms with E-state index in [-0.39, 0.29) is 23.3 Å². The maximum Gasteiger partial charge on any atom is 0.322 e. The summed E-state index contributed by atoms with van der Waals surface area (Å²) in [7, 11) is 0. The van der Waals surface area contributed by atoms with Gasteiger partial charge in [0.2, 0.25) is 0 Å². The molecule has 2 aromatic rings. The smallest absolute Gasteiger partial charge is 0.322 e. The van der Waals surface area contributed by atoms with Crippen molar-refractivity contribution in [2.75, 3.05) is 11.9 Å². The Labute approximate surface area is 88.2 Å². The van der Waals surface area contributed by atoms with Crippen molar-refractivity contribution in [1.82, 2.24) is 10.3 Å². The van der Waals surface area contributed by atoms with E-state index in [4.69, 9.17) is 5.11 Å². The lowest BCUT2D eigenvalue weighted by atomic mass is 10.2. The quantitative estimate of drug-likeness (QED) is 0.744. The lowest BCUT2D eigenvalue weighted by Gasteiger charge is -2.02. The van der Waals surface area contributed by atoms with Crippen molar-refractivity contribution in [2.45, 2.75) is 0 Å². The molecular weight excluding hydrogens is 216 g/mol. The van der Waals surface area contributed by atoms with E-state index in [0.29, 0.717) is 5.69 Å². The number of anilines is 1. The van der Waals surface area contributed by atoms with Gasteiger partial charge in [-0.05, 0) is 27.6 Å². The van der Waals surface area contributed by atoms with Crippen LogP contribution >= 0.6 is 0 Å². The molecule has 16 heavy (non-hydrogen) atoms. The van der Waals surface area contributed by atoms with Crippen LogP contribution in [-0.4, -0.2) is 27.9 Å². The molecule has 0 radical (unpaired) electrons. The van der Waals surface area contributed by atoms with E-state index in [2.05, 4.69) is 25.4 Å². The van der Waals surface area contributed by atoms with Gasteiger partial charge in [0.25, 0.3) is 0 Å². The predicted molar refractivity (Wildman–Crippen MR) is 53.4 cm³/mol. The zero-order valence-corrected chi connectivity index (χ0v) is 7.88. The highest BCUT2D eigenvalue weighted by Crippen LogP contribution is 2.28. The van der Waals surface area contributed by atoms with E-state index in [1.807, 2.05) is 0 Å². The van der Waals surface area contributed by atoms with E-state index in [9.17, 15) is 9.70 Å². The Morgan fingerprint density at radius 3 is 2.88 bits per heavy atom. The summed E-state index contributed by atoms with van der Waals surface area (Å²) in [5.41, 5.74) is 0.993. The lowest BCUT2D eigenvalue weighted by Crippen LogP contribution is -2.12. The molecule has 0 spiro atoms. The summed E-state index contributed by atoms with van der Waals surface area (Å²) >= 11 is 0. The summed E-state index contributed by atoms with van der Waals surface area (Å²) in [6.07, 6.45) is 0. The van der Waals surface area contributed by atoms with E-state index in [1.165, 1.54) is 12.1 Å². The normalized spacial score (nSPS) is 10.2. The van der Waals surface area contributed by atoms with Crippen LogP contribution in [-0.2, 0) is 4.79 Å². The number of nitrogens with zero attached hydrogens (tertiary/aromatic N) is 3. The van der Waals surface area contributed by atoms with Crippen LogP contribution in [0.1, 0.15) is 0 Å². The Morgan fingerprint density at radius 1 is 1.44 bits per heavy atom. The zero-order valence-electron chi connectivity index (χ0n) is 7.88. The highest BCUT2D eigenvalue weighted by molar-refractivity contribution is 5.95. The molecule has 8 heteroatoms. The Morgan fingerprint density at radius 2 is 2.19 bits per heavy atom. The average Bonchev–Trinajstić information content (AvgIpc) is 2.74. The van der Waals surface area contributed by atoms with Crippen molar-refractivity contribution in [3.63, 3.8) is 0 Å². The van der Waals surface area contributed by atoms with Crippen LogP contribution in [0.5, 0.6) is 0 Å². The Hall–Kier alpha value is -2.51. The lowest BCUT2D eigenvalue weighted by molar-refractivity contribution is -0.134. The number of carbonyl (C=O) groups is 1. The molecule has 0 aliphatic rings. The van der Waals surface area contributed by atoms with Crippen LogP contribution in [0, 0.1) is 4.91 Å². The summed E-state index contributed by atoms with van der Waals surface area (Å²) in [4.78, 5) is 20.8. The maximum absolute atomic E-state index is 10.4. The van der Waals surface area contributed by atoms with Gasteiger partial charge in [0.1, 0.15) is 12.2 Å². The van der Waals surface area contributed by atoms with E-state index in [0.717, 1.165) is 0 Å². The van der Waals surface area contributed by atoms with Gasteiger partial charge in [0, 0.05) is 0 Å². The van der Waals surface area contributed by atoms with Gasteiger partial charge >= 0.3 is 5.97 Å². The third-order valence-electron chi connectivity index (χ3n) is 1.92. The summed E-state index contributed by atoms with van der Waals surface area (Å²) in [5, 5.41) is 21.0.